The van der Waals surface area contributed by atoms with Gasteiger partial charge < -0.3 is 23.9 Å². The fourth-order valence-electron chi connectivity index (χ4n) is 4.35. The fourth-order valence-corrected chi connectivity index (χ4v) is 4.35. The van der Waals surface area contributed by atoms with Crippen molar-refractivity contribution in [1.82, 2.24) is 0 Å². The summed E-state index contributed by atoms with van der Waals surface area (Å²) >= 11 is 0. The van der Waals surface area contributed by atoms with Crippen LogP contribution in [0, 0.1) is 6.92 Å². The van der Waals surface area contributed by atoms with E-state index in [9.17, 15) is 9.90 Å². The van der Waals surface area contributed by atoms with Crippen LogP contribution in [0.15, 0.2) is 45.6 Å². The van der Waals surface area contributed by atoms with Crippen molar-refractivity contribution >= 4 is 11.0 Å². The summed E-state index contributed by atoms with van der Waals surface area (Å²) in [5.74, 6) is 1.70. The van der Waals surface area contributed by atoms with E-state index in [1.165, 1.54) is 24.2 Å². The first-order valence-corrected chi connectivity index (χ1v) is 11.0. The molecule has 1 saturated heterocycles. The van der Waals surface area contributed by atoms with Gasteiger partial charge >= 0.3 is 0 Å². The zero-order chi connectivity index (χ0) is 22.0. The molecule has 0 radical (unpaired) electrons. The average Bonchev–Trinajstić information content (AvgIpc) is 2.76. The molecule has 1 aromatic heterocycles. The van der Waals surface area contributed by atoms with Gasteiger partial charge in [-0.05, 0) is 64.3 Å². The molecule has 2 N–H and O–H groups in total. The molecule has 0 spiro atoms. The summed E-state index contributed by atoms with van der Waals surface area (Å²) < 4.78 is 17.7. The number of likely N-dealkylation sites (tertiary alicyclic amines) is 1. The molecule has 1 aliphatic heterocycles. The summed E-state index contributed by atoms with van der Waals surface area (Å²) in [5.41, 5.74) is 0.869. The van der Waals surface area contributed by atoms with Crippen LogP contribution in [0.25, 0.3) is 11.0 Å². The van der Waals surface area contributed by atoms with Gasteiger partial charge in [0.2, 0.25) is 11.2 Å². The molecule has 164 valence electrons. The highest BCUT2D eigenvalue weighted by Gasteiger charge is 2.26. The van der Waals surface area contributed by atoms with Crippen molar-refractivity contribution in [2.75, 3.05) is 13.2 Å². The topological polar surface area (TPSA) is 73.3 Å². The van der Waals surface area contributed by atoms with Gasteiger partial charge in [-0.3, -0.25) is 4.79 Å². The van der Waals surface area contributed by atoms with Crippen LogP contribution in [0.2, 0.25) is 0 Å². The minimum absolute atomic E-state index is 0.134. The molecule has 0 amide bonds. The lowest BCUT2D eigenvalue weighted by Gasteiger charge is -2.30. The van der Waals surface area contributed by atoms with E-state index < -0.39 is 0 Å². The molecule has 0 saturated carbocycles. The molecule has 1 unspecified atom stereocenters. The summed E-state index contributed by atoms with van der Waals surface area (Å²) in [6.07, 6.45) is 3.58. The molecule has 2 heterocycles. The number of ether oxygens (including phenoxy) is 2. The molecule has 2 aromatic carbocycles. The third-order valence-electron chi connectivity index (χ3n) is 6.11. The van der Waals surface area contributed by atoms with Crippen LogP contribution in [-0.4, -0.2) is 24.3 Å². The molecule has 0 bridgehead atoms. The maximum atomic E-state index is 13.3. The Morgan fingerprint density at radius 2 is 1.94 bits per heavy atom. The van der Waals surface area contributed by atoms with E-state index in [0.717, 1.165) is 6.54 Å². The number of aromatic hydroxyl groups is 1. The highest BCUT2D eigenvalue weighted by Crippen LogP contribution is 2.34. The predicted molar refractivity (Wildman–Crippen MR) is 119 cm³/mol. The van der Waals surface area contributed by atoms with Crippen LogP contribution in [0.3, 0.4) is 0 Å². The molecule has 31 heavy (non-hydrogen) atoms. The van der Waals surface area contributed by atoms with Crippen LogP contribution in [0.5, 0.6) is 23.0 Å². The maximum Gasteiger partial charge on any atom is 0.235 e. The Labute approximate surface area is 182 Å². The normalized spacial score (nSPS) is 18.8. The first kappa shape index (κ1) is 21.2. The number of quaternary nitrogens is 1. The van der Waals surface area contributed by atoms with E-state index in [1.807, 2.05) is 19.1 Å². The number of fused-ring (bicyclic) bond motifs is 1. The Hall–Kier alpha value is -2.99. The highest BCUT2D eigenvalue weighted by molar-refractivity contribution is 5.83. The summed E-state index contributed by atoms with van der Waals surface area (Å²) in [7, 11) is 0. The lowest BCUT2D eigenvalue weighted by atomic mass is 10.0. The predicted octanol–water partition coefficient (Wildman–Crippen LogP) is 3.96. The van der Waals surface area contributed by atoms with Gasteiger partial charge in [0.1, 0.15) is 18.1 Å². The molecule has 4 rings (SSSR count). The average molecular weight is 425 g/mol. The van der Waals surface area contributed by atoms with Crippen molar-refractivity contribution in [1.29, 1.82) is 0 Å². The Balaban J connectivity index is 1.76. The van der Waals surface area contributed by atoms with Crippen LogP contribution < -0.4 is 19.8 Å². The van der Waals surface area contributed by atoms with Gasteiger partial charge in [0.15, 0.2) is 17.1 Å². The van der Waals surface area contributed by atoms with Crippen LogP contribution in [0.1, 0.15) is 44.4 Å². The summed E-state index contributed by atoms with van der Waals surface area (Å²) in [4.78, 5) is 14.7. The van der Waals surface area contributed by atoms with Crippen LogP contribution in [0.4, 0.5) is 0 Å². The van der Waals surface area contributed by atoms with E-state index in [2.05, 4.69) is 6.92 Å². The Morgan fingerprint density at radius 1 is 1.16 bits per heavy atom. The fraction of sp³-hybridized carbons (Fsp3) is 0.400. The second-order valence-electron chi connectivity index (χ2n) is 8.22. The largest absolute Gasteiger partial charge is 0.507 e. The molecule has 6 heteroatoms. The summed E-state index contributed by atoms with van der Waals surface area (Å²) in [5, 5.41) is 11.0. The first-order valence-electron chi connectivity index (χ1n) is 11.0. The van der Waals surface area contributed by atoms with Gasteiger partial charge in [-0.15, -0.1) is 0 Å². The minimum Gasteiger partial charge on any atom is -0.507 e. The number of hydrogen-bond acceptors (Lipinski definition) is 5. The molecular formula is C25H30NO5+. The summed E-state index contributed by atoms with van der Waals surface area (Å²) in [6, 6.07) is 10.9. The number of phenols is 1. The number of hydrogen-bond donors (Lipinski definition) is 2. The first-order chi connectivity index (χ1) is 15.0. The van der Waals surface area contributed by atoms with Gasteiger partial charge in [0, 0.05) is 0 Å². The molecule has 0 aliphatic carbocycles. The quantitative estimate of drug-likeness (QED) is 0.627. The molecule has 1 aliphatic rings. The second-order valence-corrected chi connectivity index (χ2v) is 8.22. The van der Waals surface area contributed by atoms with Gasteiger partial charge in [-0.25, -0.2) is 0 Å². The zero-order valence-corrected chi connectivity index (χ0v) is 18.4. The van der Waals surface area contributed by atoms with Gasteiger partial charge in [0.25, 0.3) is 0 Å². The number of benzene rings is 2. The molecule has 2 atom stereocenters. The minimum atomic E-state index is -0.256. The lowest BCUT2D eigenvalue weighted by molar-refractivity contribution is -0.941. The Kier molecular flexibility index (Phi) is 6.18. The third kappa shape index (κ3) is 4.26. The number of rotatable bonds is 6. The number of aryl methyl sites for hydroxylation is 1. The number of nitrogens with one attached hydrogen (secondary N) is 1. The van der Waals surface area contributed by atoms with Crippen molar-refractivity contribution in [2.45, 2.75) is 52.6 Å². The summed E-state index contributed by atoms with van der Waals surface area (Å²) in [6.45, 7) is 8.01. The molecule has 6 nitrogen and oxygen atoms in total. The van der Waals surface area contributed by atoms with Crippen molar-refractivity contribution < 1.29 is 23.9 Å². The number of para-hydroxylation sites is 2. The monoisotopic (exact) mass is 424 g/mol. The Bertz CT molecular complexity index is 1140. The van der Waals surface area contributed by atoms with Gasteiger partial charge in [-0.2, -0.15) is 0 Å². The van der Waals surface area contributed by atoms with E-state index >= 15 is 0 Å². The van der Waals surface area contributed by atoms with Crippen molar-refractivity contribution in [3.8, 4) is 23.0 Å². The van der Waals surface area contributed by atoms with E-state index in [4.69, 9.17) is 13.9 Å². The number of phenolic OH excluding ortho intramolecular Hbond substituents is 1. The van der Waals surface area contributed by atoms with Crippen molar-refractivity contribution in [3.63, 3.8) is 0 Å². The van der Waals surface area contributed by atoms with Crippen LogP contribution >= 0.6 is 0 Å². The van der Waals surface area contributed by atoms with E-state index in [-0.39, 0.29) is 16.9 Å². The molecule has 3 aromatic rings. The van der Waals surface area contributed by atoms with Crippen LogP contribution in [-0.2, 0) is 6.54 Å². The van der Waals surface area contributed by atoms with Gasteiger partial charge in [0.05, 0.1) is 30.1 Å². The standard InChI is InChI=1S/C25H29NO5/c1-4-29-21-10-5-6-11-22(21)31-24-17(3)30-25-18(23(24)28)12-13-20(27)19(25)15-26-14-8-7-9-16(26)2/h5-6,10-13,16,27H,4,7-9,14-15H2,1-3H3/p+1/t16-/m0/s1. The van der Waals surface area contributed by atoms with Crippen molar-refractivity contribution in [3.05, 3.63) is 57.9 Å². The smallest absolute Gasteiger partial charge is 0.235 e. The van der Waals surface area contributed by atoms with Crippen molar-refractivity contribution in [2.24, 2.45) is 0 Å². The zero-order valence-electron chi connectivity index (χ0n) is 18.4. The lowest BCUT2D eigenvalue weighted by Crippen LogP contribution is -3.14. The van der Waals surface area contributed by atoms with E-state index in [1.54, 1.807) is 31.2 Å². The van der Waals surface area contributed by atoms with E-state index in [0.29, 0.717) is 53.0 Å². The third-order valence-corrected chi connectivity index (χ3v) is 6.11. The second kappa shape index (κ2) is 9.02. The maximum absolute atomic E-state index is 13.3. The SMILES string of the molecule is CCOc1ccccc1Oc1c(C)oc2c(C[NH+]3CCCC[C@@H]3C)c(O)ccc2c1=O. The number of piperidine rings is 1. The highest BCUT2D eigenvalue weighted by atomic mass is 16.5. The van der Waals surface area contributed by atoms with Gasteiger partial charge in [-0.1, -0.05) is 12.1 Å². The molecular weight excluding hydrogens is 394 g/mol. The Morgan fingerprint density at radius 3 is 2.68 bits per heavy atom. The molecule has 1 fully saturated rings.